The largest absolute Gasteiger partial charge is 0.485 e. The third-order valence-corrected chi connectivity index (χ3v) is 4.22. The summed E-state index contributed by atoms with van der Waals surface area (Å²) in [6, 6.07) is 12.0. The van der Waals surface area contributed by atoms with Gasteiger partial charge in [-0.05, 0) is 36.8 Å². The number of hydrogen-bond acceptors (Lipinski definition) is 6. The van der Waals surface area contributed by atoms with Gasteiger partial charge >= 0.3 is 6.18 Å². The Labute approximate surface area is 171 Å². The molecule has 29 heavy (non-hydrogen) atoms. The van der Waals surface area contributed by atoms with Gasteiger partial charge in [0.2, 0.25) is 5.05 Å². The number of hydrogen-bond donors (Lipinski definition) is 0. The zero-order valence-corrected chi connectivity index (χ0v) is 16.8. The summed E-state index contributed by atoms with van der Waals surface area (Å²) >= 11 is 5.15. The fraction of sp³-hybridized carbons (Fsp3) is 0.250. The Morgan fingerprint density at radius 2 is 1.76 bits per heavy atom. The molecule has 0 amide bonds. The molecule has 2 aromatic carbocycles. The van der Waals surface area contributed by atoms with Gasteiger partial charge in [-0.2, -0.15) is 13.2 Å². The Bertz CT molecular complexity index is 927. The number of methoxy groups -OCH3 is 1. The molecule has 154 valence electrons. The minimum atomic E-state index is -4.42. The lowest BCUT2D eigenvalue weighted by Gasteiger charge is -2.11. The van der Waals surface area contributed by atoms with Crippen molar-refractivity contribution in [2.75, 3.05) is 14.2 Å². The molecule has 0 aromatic heterocycles. The molecule has 0 spiro atoms. The van der Waals surface area contributed by atoms with Crippen molar-refractivity contribution in [2.45, 2.75) is 19.7 Å². The fourth-order valence-electron chi connectivity index (χ4n) is 2.43. The Morgan fingerprint density at radius 3 is 2.41 bits per heavy atom. The molecule has 0 radical (unpaired) electrons. The van der Waals surface area contributed by atoms with Crippen molar-refractivity contribution in [3.63, 3.8) is 0 Å². The van der Waals surface area contributed by atoms with Crippen LogP contribution in [0.3, 0.4) is 0 Å². The molecule has 0 N–H and O–H groups in total. The molecule has 2 rings (SSSR count). The van der Waals surface area contributed by atoms with Crippen LogP contribution in [-0.4, -0.2) is 30.7 Å². The zero-order chi connectivity index (χ0) is 21.4. The molecule has 2 aromatic rings. The Morgan fingerprint density at radius 1 is 1.03 bits per heavy atom. The highest BCUT2D eigenvalue weighted by Crippen LogP contribution is 2.29. The van der Waals surface area contributed by atoms with Crippen LogP contribution in [0.2, 0.25) is 0 Å². The van der Waals surface area contributed by atoms with Crippen molar-refractivity contribution in [2.24, 2.45) is 10.3 Å². The summed E-state index contributed by atoms with van der Waals surface area (Å²) < 4.78 is 43.7. The predicted molar refractivity (Wildman–Crippen MR) is 108 cm³/mol. The summed E-state index contributed by atoms with van der Waals surface area (Å²) in [7, 11) is 2.81. The summed E-state index contributed by atoms with van der Waals surface area (Å²) in [5.74, 6) is 0. The van der Waals surface area contributed by atoms with Crippen LogP contribution in [-0.2, 0) is 27.2 Å². The smallest absolute Gasteiger partial charge is 0.416 e. The van der Waals surface area contributed by atoms with Crippen molar-refractivity contribution < 1.29 is 27.6 Å². The topological polar surface area (TPSA) is 52.4 Å². The average Bonchev–Trinajstić information content (AvgIpc) is 2.71. The van der Waals surface area contributed by atoms with E-state index >= 15 is 0 Å². The summed E-state index contributed by atoms with van der Waals surface area (Å²) in [6.45, 7) is 1.61. The fourth-order valence-corrected chi connectivity index (χ4v) is 2.58. The SMILES string of the molecule is CON=C(C(=S)OC)c1ccccc1CON=C(C)c1cccc(C(F)(F)F)c1. The van der Waals surface area contributed by atoms with E-state index in [1.165, 1.54) is 26.4 Å². The number of alkyl halides is 3. The number of nitrogens with zero attached hydrogens (tertiary/aromatic N) is 2. The lowest BCUT2D eigenvalue weighted by atomic mass is 10.0. The van der Waals surface area contributed by atoms with Gasteiger partial charge in [-0.25, -0.2) is 0 Å². The van der Waals surface area contributed by atoms with Crippen LogP contribution in [0.25, 0.3) is 0 Å². The van der Waals surface area contributed by atoms with Gasteiger partial charge in [0.25, 0.3) is 0 Å². The second kappa shape index (κ2) is 10.0. The Balaban J connectivity index is 2.21. The van der Waals surface area contributed by atoms with Crippen molar-refractivity contribution >= 4 is 28.7 Å². The van der Waals surface area contributed by atoms with Crippen molar-refractivity contribution in [1.82, 2.24) is 0 Å². The van der Waals surface area contributed by atoms with Gasteiger partial charge in [-0.15, -0.1) is 0 Å². The third-order valence-electron chi connectivity index (χ3n) is 3.86. The molecule has 0 unspecified atom stereocenters. The average molecular weight is 424 g/mol. The van der Waals surface area contributed by atoms with Crippen molar-refractivity contribution in [3.05, 3.63) is 70.8 Å². The first-order chi connectivity index (χ1) is 13.8. The second-order valence-corrected chi connectivity index (χ2v) is 6.17. The van der Waals surface area contributed by atoms with Crippen LogP contribution < -0.4 is 0 Å². The molecule has 9 heteroatoms. The van der Waals surface area contributed by atoms with E-state index in [-0.39, 0.29) is 11.7 Å². The molecule has 0 saturated heterocycles. The first-order valence-electron chi connectivity index (χ1n) is 8.39. The van der Waals surface area contributed by atoms with Crippen LogP contribution >= 0.6 is 12.2 Å². The highest BCUT2D eigenvalue weighted by molar-refractivity contribution is 7.81. The molecule has 0 atom stereocenters. The van der Waals surface area contributed by atoms with Gasteiger partial charge < -0.3 is 14.4 Å². The number of rotatable bonds is 7. The van der Waals surface area contributed by atoms with Crippen LogP contribution in [0.1, 0.15) is 29.2 Å². The maximum atomic E-state index is 12.9. The van der Waals surface area contributed by atoms with E-state index in [1.54, 1.807) is 31.2 Å². The van der Waals surface area contributed by atoms with E-state index in [1.807, 2.05) is 0 Å². The number of halogens is 3. The van der Waals surface area contributed by atoms with Crippen LogP contribution in [0.4, 0.5) is 13.2 Å². The lowest BCUT2D eigenvalue weighted by molar-refractivity contribution is -0.137. The molecule has 0 aliphatic heterocycles. The van der Waals surface area contributed by atoms with Crippen LogP contribution in [0.5, 0.6) is 0 Å². The molecule has 0 saturated carbocycles. The summed E-state index contributed by atoms with van der Waals surface area (Å²) in [4.78, 5) is 10.2. The van der Waals surface area contributed by atoms with E-state index in [9.17, 15) is 13.2 Å². The maximum absolute atomic E-state index is 12.9. The molecule has 0 aliphatic carbocycles. The molecule has 0 fully saturated rings. The number of benzene rings is 2. The van der Waals surface area contributed by atoms with Gasteiger partial charge in [0.05, 0.1) is 18.4 Å². The third kappa shape index (κ3) is 6.02. The number of thiocarbonyl (C=S) groups is 1. The van der Waals surface area contributed by atoms with Gasteiger partial charge in [0.15, 0.2) is 5.71 Å². The molecular weight excluding hydrogens is 405 g/mol. The number of oxime groups is 2. The van der Waals surface area contributed by atoms with Crippen LogP contribution in [0.15, 0.2) is 58.8 Å². The van der Waals surface area contributed by atoms with Gasteiger partial charge in [-0.3, -0.25) is 0 Å². The molecule has 0 heterocycles. The van der Waals surface area contributed by atoms with Crippen molar-refractivity contribution in [1.29, 1.82) is 0 Å². The second-order valence-electron chi connectivity index (χ2n) is 5.80. The summed E-state index contributed by atoms with van der Waals surface area (Å²) in [6.07, 6.45) is -4.42. The van der Waals surface area contributed by atoms with Gasteiger partial charge in [-0.1, -0.05) is 46.7 Å². The van der Waals surface area contributed by atoms with E-state index in [4.69, 9.17) is 26.6 Å². The zero-order valence-electron chi connectivity index (χ0n) is 16.0. The molecular formula is C20H19F3N2O3S. The standard InChI is InChI=1S/C20H19F3N2O3S/c1-13(14-8-6-9-16(11-14)20(21,22)23)24-28-12-15-7-4-5-10-17(15)18(25-27-3)19(29)26-2/h4-11H,12H2,1-3H3. The highest BCUT2D eigenvalue weighted by atomic mass is 32.1. The Kier molecular flexibility index (Phi) is 7.72. The van der Waals surface area contributed by atoms with Gasteiger partial charge in [0.1, 0.15) is 13.7 Å². The van der Waals surface area contributed by atoms with E-state index in [2.05, 4.69) is 10.3 Å². The minimum absolute atomic E-state index is 0.0432. The quantitative estimate of drug-likeness (QED) is 0.358. The number of ether oxygens (including phenoxy) is 1. The van der Waals surface area contributed by atoms with Gasteiger partial charge in [0, 0.05) is 11.1 Å². The van der Waals surface area contributed by atoms with Crippen LogP contribution in [0, 0.1) is 0 Å². The van der Waals surface area contributed by atoms with E-state index < -0.39 is 11.7 Å². The summed E-state index contributed by atoms with van der Waals surface area (Å²) in [5, 5.41) is 7.98. The first kappa shape index (κ1) is 22.4. The van der Waals surface area contributed by atoms with E-state index in [0.717, 1.165) is 12.1 Å². The Hall–Kier alpha value is -2.94. The minimum Gasteiger partial charge on any atom is -0.485 e. The molecule has 5 nitrogen and oxygen atoms in total. The van der Waals surface area contributed by atoms with Crippen molar-refractivity contribution in [3.8, 4) is 0 Å². The summed E-state index contributed by atoms with van der Waals surface area (Å²) in [5.41, 5.74) is 1.53. The molecule has 0 aliphatic rings. The highest BCUT2D eigenvalue weighted by Gasteiger charge is 2.30. The monoisotopic (exact) mass is 424 g/mol. The van der Waals surface area contributed by atoms with E-state index in [0.29, 0.717) is 28.1 Å². The predicted octanol–water partition coefficient (Wildman–Crippen LogP) is 4.97. The normalized spacial score (nSPS) is 12.5. The first-order valence-corrected chi connectivity index (χ1v) is 8.80. The molecule has 0 bridgehead atoms. The lowest BCUT2D eigenvalue weighted by Crippen LogP contribution is -2.17. The maximum Gasteiger partial charge on any atom is 0.416 e.